The minimum atomic E-state index is 0.217. The van der Waals surface area contributed by atoms with Gasteiger partial charge in [0.05, 0.1) is 6.04 Å². The van der Waals surface area contributed by atoms with Crippen LogP contribution in [0.25, 0.3) is 0 Å². The Hall–Kier alpha value is -0.420. The summed E-state index contributed by atoms with van der Waals surface area (Å²) >= 11 is 1.92. The van der Waals surface area contributed by atoms with Crippen molar-refractivity contribution in [1.82, 2.24) is 9.80 Å². The number of hydrogen-bond acceptors (Lipinski definition) is 4. The van der Waals surface area contributed by atoms with E-state index in [0.29, 0.717) is 18.6 Å². The largest absolute Gasteiger partial charge is 0.329 e. The molecule has 0 aliphatic rings. The lowest BCUT2D eigenvalue weighted by Crippen LogP contribution is -2.44. The molecule has 0 saturated carbocycles. The van der Waals surface area contributed by atoms with Gasteiger partial charge in [0, 0.05) is 28.9 Å². The molecule has 21 heavy (non-hydrogen) atoms. The molecule has 0 aliphatic carbocycles. The number of likely N-dealkylation sites (N-methyl/N-ethyl adjacent to an activating group) is 2. The molecule has 0 radical (unpaired) electrons. The molecular weight excluding hydrogens is 278 g/mol. The average molecular weight is 312 g/mol. The molecule has 0 spiro atoms. The summed E-state index contributed by atoms with van der Waals surface area (Å²) < 4.78 is 0. The van der Waals surface area contributed by atoms with Crippen LogP contribution in [-0.4, -0.2) is 49.6 Å². The second kappa shape index (κ2) is 7.73. The highest BCUT2D eigenvalue weighted by atomic mass is 32.1. The zero-order valence-electron chi connectivity index (χ0n) is 14.8. The number of hydrogen-bond donors (Lipinski definition) is 1. The average Bonchev–Trinajstić information content (AvgIpc) is 2.83. The van der Waals surface area contributed by atoms with Gasteiger partial charge in [-0.25, -0.2) is 0 Å². The molecule has 0 fully saturated rings. The first-order valence-electron chi connectivity index (χ1n) is 7.91. The first-order valence-corrected chi connectivity index (χ1v) is 8.73. The van der Waals surface area contributed by atoms with Crippen molar-refractivity contribution in [1.29, 1.82) is 0 Å². The van der Waals surface area contributed by atoms with Gasteiger partial charge < -0.3 is 10.6 Å². The van der Waals surface area contributed by atoms with Crippen molar-refractivity contribution in [2.24, 2.45) is 5.73 Å². The van der Waals surface area contributed by atoms with Gasteiger partial charge in [0.25, 0.3) is 0 Å². The molecule has 0 bridgehead atoms. The monoisotopic (exact) mass is 311 g/mol. The lowest BCUT2D eigenvalue weighted by atomic mass is 9.95. The number of nitrogens with two attached hydrogens (primary N) is 1. The van der Waals surface area contributed by atoms with E-state index in [-0.39, 0.29) is 5.41 Å². The lowest BCUT2D eigenvalue weighted by Gasteiger charge is -2.36. The number of nitrogens with zero attached hydrogens (tertiary/aromatic N) is 2. The van der Waals surface area contributed by atoms with Crippen LogP contribution in [-0.2, 0) is 5.41 Å². The first-order chi connectivity index (χ1) is 9.70. The zero-order valence-corrected chi connectivity index (χ0v) is 15.6. The summed E-state index contributed by atoms with van der Waals surface area (Å²) in [6.07, 6.45) is 0. The van der Waals surface area contributed by atoms with E-state index >= 15 is 0 Å². The third kappa shape index (κ3) is 5.06. The van der Waals surface area contributed by atoms with Gasteiger partial charge in [0.15, 0.2) is 0 Å². The smallest absolute Gasteiger partial charge is 0.0567 e. The lowest BCUT2D eigenvalue weighted by molar-refractivity contribution is 0.133. The zero-order chi connectivity index (χ0) is 16.2. The summed E-state index contributed by atoms with van der Waals surface area (Å²) in [5, 5.41) is 0. The van der Waals surface area contributed by atoms with Gasteiger partial charge in [-0.2, -0.15) is 0 Å². The van der Waals surface area contributed by atoms with Crippen molar-refractivity contribution < 1.29 is 0 Å². The Bertz CT molecular complexity index is 420. The Morgan fingerprint density at radius 1 is 1.24 bits per heavy atom. The predicted octanol–water partition coefficient (Wildman–Crippen LogP) is 3.32. The molecule has 122 valence electrons. The quantitative estimate of drug-likeness (QED) is 0.838. The number of rotatable bonds is 7. The molecule has 4 heteroatoms. The van der Waals surface area contributed by atoms with Crippen LogP contribution in [0.2, 0.25) is 0 Å². The number of thiophene rings is 1. The normalized spacial score (nSPS) is 15.7. The molecule has 0 saturated heterocycles. The van der Waals surface area contributed by atoms with Crippen LogP contribution in [0.3, 0.4) is 0 Å². The maximum Gasteiger partial charge on any atom is 0.0567 e. The maximum atomic E-state index is 6.12. The van der Waals surface area contributed by atoms with Gasteiger partial charge in [-0.3, -0.25) is 4.90 Å². The third-order valence-corrected chi connectivity index (χ3v) is 5.49. The van der Waals surface area contributed by atoms with Crippen molar-refractivity contribution in [3.05, 3.63) is 21.9 Å². The van der Waals surface area contributed by atoms with Crippen LogP contribution in [0.4, 0.5) is 0 Å². The molecule has 2 atom stereocenters. The molecule has 2 N–H and O–H groups in total. The molecule has 1 aromatic heterocycles. The summed E-state index contributed by atoms with van der Waals surface area (Å²) in [7, 11) is 4.26. The van der Waals surface area contributed by atoms with Crippen LogP contribution >= 0.6 is 11.3 Å². The van der Waals surface area contributed by atoms with Crippen LogP contribution in [0, 0.1) is 0 Å². The van der Waals surface area contributed by atoms with Crippen molar-refractivity contribution in [2.75, 3.05) is 33.7 Å². The van der Waals surface area contributed by atoms with Crippen LogP contribution < -0.4 is 5.73 Å². The van der Waals surface area contributed by atoms with Gasteiger partial charge in [-0.05, 0) is 45.1 Å². The van der Waals surface area contributed by atoms with Crippen molar-refractivity contribution in [3.63, 3.8) is 0 Å². The fourth-order valence-electron chi connectivity index (χ4n) is 2.82. The molecule has 0 aromatic carbocycles. The summed E-state index contributed by atoms with van der Waals surface area (Å²) in [4.78, 5) is 7.61. The van der Waals surface area contributed by atoms with E-state index in [4.69, 9.17) is 5.73 Å². The van der Waals surface area contributed by atoms with Gasteiger partial charge in [0.1, 0.15) is 0 Å². The van der Waals surface area contributed by atoms with Crippen LogP contribution in [0.1, 0.15) is 50.4 Å². The van der Waals surface area contributed by atoms with E-state index in [1.807, 2.05) is 11.3 Å². The third-order valence-electron chi connectivity index (χ3n) is 3.88. The SMILES string of the molecule is CCN(C(C)CN(C)C)C(CN)c1ccc(C(C)(C)C)s1. The fraction of sp³-hybridized carbons (Fsp3) is 0.765. The molecule has 2 unspecified atom stereocenters. The first kappa shape index (κ1) is 18.6. The Balaban J connectivity index is 2.96. The highest BCUT2D eigenvalue weighted by molar-refractivity contribution is 7.12. The summed E-state index contributed by atoms with van der Waals surface area (Å²) in [5.74, 6) is 0. The minimum absolute atomic E-state index is 0.217. The predicted molar refractivity (Wildman–Crippen MR) is 95.2 cm³/mol. The van der Waals surface area contributed by atoms with E-state index in [9.17, 15) is 0 Å². The van der Waals surface area contributed by atoms with E-state index in [0.717, 1.165) is 13.1 Å². The highest BCUT2D eigenvalue weighted by Crippen LogP contribution is 2.34. The van der Waals surface area contributed by atoms with E-state index < -0.39 is 0 Å². The van der Waals surface area contributed by atoms with Crippen LogP contribution in [0.5, 0.6) is 0 Å². The summed E-state index contributed by atoms with van der Waals surface area (Å²) in [5.41, 5.74) is 6.34. The van der Waals surface area contributed by atoms with Gasteiger partial charge in [-0.1, -0.05) is 27.7 Å². The fourth-order valence-corrected chi connectivity index (χ4v) is 4.02. The Labute approximate surface area is 135 Å². The van der Waals surface area contributed by atoms with Gasteiger partial charge in [-0.15, -0.1) is 11.3 Å². The standard InChI is InChI=1S/C17H33N3S/c1-8-20(13(2)12-19(6)7)14(11-18)15-9-10-16(21-15)17(3,4)5/h9-10,13-14H,8,11-12,18H2,1-7H3. The topological polar surface area (TPSA) is 32.5 Å². The van der Waals surface area contributed by atoms with Crippen molar-refractivity contribution in [2.45, 2.75) is 52.1 Å². The second-order valence-electron chi connectivity index (χ2n) is 7.15. The molecule has 1 heterocycles. The molecular formula is C17H33N3S. The Morgan fingerprint density at radius 3 is 2.24 bits per heavy atom. The second-order valence-corrected chi connectivity index (χ2v) is 8.26. The van der Waals surface area contributed by atoms with E-state index in [1.165, 1.54) is 9.75 Å². The van der Waals surface area contributed by atoms with Crippen molar-refractivity contribution in [3.8, 4) is 0 Å². The summed E-state index contributed by atoms with van der Waals surface area (Å²) in [6, 6.07) is 5.37. The highest BCUT2D eigenvalue weighted by Gasteiger charge is 2.26. The molecule has 1 aromatic rings. The minimum Gasteiger partial charge on any atom is -0.329 e. The van der Waals surface area contributed by atoms with Crippen molar-refractivity contribution >= 4 is 11.3 Å². The van der Waals surface area contributed by atoms with Gasteiger partial charge in [0.2, 0.25) is 0 Å². The Kier molecular flexibility index (Phi) is 6.85. The molecule has 0 aliphatic heterocycles. The maximum absolute atomic E-state index is 6.12. The van der Waals surface area contributed by atoms with Gasteiger partial charge >= 0.3 is 0 Å². The van der Waals surface area contributed by atoms with E-state index in [2.05, 4.69) is 70.6 Å². The summed E-state index contributed by atoms with van der Waals surface area (Å²) in [6.45, 7) is 14.1. The Morgan fingerprint density at radius 2 is 1.86 bits per heavy atom. The molecule has 0 amide bonds. The van der Waals surface area contributed by atoms with Crippen LogP contribution in [0.15, 0.2) is 12.1 Å². The molecule has 1 rings (SSSR count). The van der Waals surface area contributed by atoms with E-state index in [1.54, 1.807) is 0 Å². The molecule has 3 nitrogen and oxygen atoms in total.